The van der Waals surface area contributed by atoms with Gasteiger partial charge in [0.1, 0.15) is 18.1 Å². The molecule has 2 atom stereocenters. The van der Waals surface area contributed by atoms with Gasteiger partial charge in [-0.15, -0.1) is 0 Å². The van der Waals surface area contributed by atoms with E-state index in [4.69, 9.17) is 24.8 Å². The molecule has 0 spiro atoms. The number of benzene rings is 3. The number of halogens is 3. The van der Waals surface area contributed by atoms with Crippen molar-refractivity contribution in [3.8, 4) is 11.1 Å². The Kier molecular flexibility index (Phi) is 14.8. The first-order chi connectivity index (χ1) is 26.6. The minimum absolute atomic E-state index is 0.0481. The lowest BCUT2D eigenvalue weighted by Crippen LogP contribution is -2.40. The molecule has 3 aromatic carbocycles. The zero-order chi connectivity index (χ0) is 41.0. The molecule has 0 aliphatic carbocycles. The zero-order valence-corrected chi connectivity index (χ0v) is 30.5. The van der Waals surface area contributed by atoms with Crippen LogP contribution in [0.1, 0.15) is 36.6 Å². The fourth-order valence-corrected chi connectivity index (χ4v) is 5.55. The lowest BCUT2D eigenvalue weighted by Gasteiger charge is -2.27. The highest BCUT2D eigenvalue weighted by Crippen LogP contribution is 2.31. The first kappa shape index (κ1) is 42.6. The van der Waals surface area contributed by atoms with Gasteiger partial charge in [0.25, 0.3) is 5.56 Å². The topological polar surface area (TPSA) is 187 Å². The molecular weight excluding hydrogens is 737 g/mol. The third-order valence-electron chi connectivity index (χ3n) is 8.76. The van der Waals surface area contributed by atoms with Gasteiger partial charge in [-0.2, -0.15) is 18.2 Å². The first-order valence-electron chi connectivity index (χ1n) is 17.4. The lowest BCUT2D eigenvalue weighted by atomic mass is 10.0. The van der Waals surface area contributed by atoms with E-state index in [9.17, 15) is 32.3 Å². The number of furan rings is 1. The highest BCUT2D eigenvalue weighted by molar-refractivity contribution is 5.84. The molecule has 0 aliphatic rings. The minimum atomic E-state index is -4.39. The van der Waals surface area contributed by atoms with Gasteiger partial charge < -0.3 is 39.2 Å². The summed E-state index contributed by atoms with van der Waals surface area (Å²) in [6, 6.07) is 23.2. The normalized spacial score (nSPS) is 12.6. The van der Waals surface area contributed by atoms with Gasteiger partial charge in [0.15, 0.2) is 12.2 Å². The number of alkyl halides is 3. The van der Waals surface area contributed by atoms with Crippen LogP contribution in [0.3, 0.4) is 0 Å². The fraction of sp³-hybridized carbons (Fsp3) is 0.275. The van der Waals surface area contributed by atoms with Crippen molar-refractivity contribution in [2.45, 2.75) is 45.3 Å². The molecule has 0 saturated carbocycles. The fourth-order valence-electron chi connectivity index (χ4n) is 5.55. The monoisotopic (exact) mass is 778 g/mol. The molecule has 0 fully saturated rings. The Morgan fingerprint density at radius 2 is 1.41 bits per heavy atom. The van der Waals surface area contributed by atoms with E-state index < -0.39 is 35.9 Å². The van der Waals surface area contributed by atoms with E-state index in [1.54, 1.807) is 58.2 Å². The Hall–Kier alpha value is -6.10. The van der Waals surface area contributed by atoms with Gasteiger partial charge in [0.05, 0.1) is 22.7 Å². The van der Waals surface area contributed by atoms with Gasteiger partial charge in [-0.05, 0) is 78.3 Å². The van der Waals surface area contributed by atoms with Crippen LogP contribution in [0.5, 0.6) is 0 Å². The smallest absolute Gasteiger partial charge is 0.416 e. The highest BCUT2D eigenvalue weighted by Gasteiger charge is 2.30. The summed E-state index contributed by atoms with van der Waals surface area (Å²) in [5.74, 6) is -2.77. The number of aliphatic carboxylic acids is 2. The summed E-state index contributed by atoms with van der Waals surface area (Å²) in [6.45, 7) is 7.27. The number of hydrogen-bond donors (Lipinski definition) is 4. The third kappa shape index (κ3) is 11.5. The van der Waals surface area contributed by atoms with E-state index in [0.29, 0.717) is 47.7 Å². The number of rotatable bonds is 15. The van der Waals surface area contributed by atoms with Gasteiger partial charge in [0.2, 0.25) is 5.91 Å². The highest BCUT2D eigenvalue weighted by atomic mass is 19.4. The third-order valence-corrected chi connectivity index (χ3v) is 8.76. The predicted molar refractivity (Wildman–Crippen MR) is 201 cm³/mol. The van der Waals surface area contributed by atoms with Gasteiger partial charge >= 0.3 is 18.1 Å². The summed E-state index contributed by atoms with van der Waals surface area (Å²) in [7, 11) is 0. The van der Waals surface area contributed by atoms with Crippen molar-refractivity contribution in [1.82, 2.24) is 19.4 Å². The summed E-state index contributed by atoms with van der Waals surface area (Å²) in [5, 5.41) is 32.9. The molecular formula is C40H41F3N4O9. The molecule has 56 heavy (non-hydrogen) atoms. The van der Waals surface area contributed by atoms with Crippen LogP contribution in [0.4, 0.5) is 13.2 Å². The van der Waals surface area contributed by atoms with Crippen LogP contribution < -0.4 is 5.56 Å². The number of aliphatic hydroxyl groups excluding tert-OH is 2. The Bertz CT molecular complexity index is 2150. The average Bonchev–Trinajstić information content (AvgIpc) is 3.71. The van der Waals surface area contributed by atoms with Crippen LogP contribution >= 0.6 is 0 Å². The number of carbonyl (C=O) groups is 3. The summed E-state index contributed by atoms with van der Waals surface area (Å²) in [4.78, 5) is 54.8. The Morgan fingerprint density at radius 1 is 0.821 bits per heavy atom. The molecule has 16 heteroatoms. The minimum Gasteiger partial charge on any atom is -0.479 e. The van der Waals surface area contributed by atoms with E-state index in [1.165, 1.54) is 12.1 Å². The van der Waals surface area contributed by atoms with Crippen LogP contribution in [0.15, 0.2) is 100 Å². The van der Waals surface area contributed by atoms with Crippen LogP contribution in [0, 0.1) is 0 Å². The summed E-state index contributed by atoms with van der Waals surface area (Å²) >= 11 is 0. The summed E-state index contributed by atoms with van der Waals surface area (Å²) in [5.41, 5.74) is 1.84. The zero-order valence-electron chi connectivity index (χ0n) is 30.5. The van der Waals surface area contributed by atoms with Crippen molar-refractivity contribution >= 4 is 40.9 Å². The first-order valence-corrected chi connectivity index (χ1v) is 17.4. The van der Waals surface area contributed by atoms with E-state index in [2.05, 4.69) is 23.7 Å². The van der Waals surface area contributed by atoms with Gasteiger partial charge in [-0.1, -0.05) is 62.4 Å². The number of carboxylic acid groups (broad SMARTS) is 2. The molecule has 1 amide bonds. The Morgan fingerprint density at radius 3 is 1.95 bits per heavy atom. The molecule has 4 N–H and O–H groups in total. The molecule has 2 aromatic heterocycles. The molecule has 0 saturated heterocycles. The van der Waals surface area contributed by atoms with Crippen molar-refractivity contribution < 1.29 is 52.4 Å². The standard InChI is InChI=1S/C36H35F3N4O3.C4H6O6/c1-3-41(4-2)21-22-42(24-26-11-13-27(14-12-26)28-15-17-29(18-16-28)36(37,38)39)34(44)25-43-32-10-6-5-9-31(32)35(45)40-33(43)20-19-30-8-7-23-46-30;5-1(3(7)8)2(6)4(9)10/h5-20,23H,3-4,21-22,24-25H2,1-2H3;1-2,5-6H,(H,7,8)(H,9,10)/b20-19+;. The van der Waals surface area contributed by atoms with Crippen LogP contribution in [-0.2, 0) is 33.6 Å². The van der Waals surface area contributed by atoms with E-state index in [0.717, 1.165) is 36.3 Å². The number of aliphatic hydroxyl groups is 2. The van der Waals surface area contributed by atoms with E-state index in [-0.39, 0.29) is 18.0 Å². The number of amides is 1. The number of para-hydroxylation sites is 1. The molecule has 2 unspecified atom stereocenters. The van der Waals surface area contributed by atoms with Gasteiger partial charge in [0, 0.05) is 19.6 Å². The van der Waals surface area contributed by atoms with Crippen LogP contribution in [0.25, 0.3) is 34.2 Å². The van der Waals surface area contributed by atoms with E-state index in [1.807, 2.05) is 30.3 Å². The van der Waals surface area contributed by atoms with Gasteiger partial charge in [-0.3, -0.25) is 9.59 Å². The number of likely N-dealkylation sites (N-methyl/N-ethyl adjacent to an activating group) is 1. The number of carboxylic acids is 2. The van der Waals surface area contributed by atoms with Crippen molar-refractivity contribution in [1.29, 1.82) is 0 Å². The second-order valence-electron chi connectivity index (χ2n) is 12.4. The predicted octanol–water partition coefficient (Wildman–Crippen LogP) is 5.09. The molecule has 13 nitrogen and oxygen atoms in total. The van der Waals surface area contributed by atoms with Gasteiger partial charge in [-0.25, -0.2) is 9.59 Å². The molecule has 0 aliphatic heterocycles. The number of nitrogens with zero attached hydrogens (tertiary/aromatic N) is 4. The molecule has 0 bridgehead atoms. The van der Waals surface area contributed by atoms with Crippen molar-refractivity contribution in [3.63, 3.8) is 0 Å². The Labute approximate surface area is 319 Å². The summed E-state index contributed by atoms with van der Waals surface area (Å²) < 4.78 is 46.2. The number of hydrogen-bond acceptors (Lipinski definition) is 9. The van der Waals surface area contributed by atoms with Crippen molar-refractivity contribution in [2.75, 3.05) is 26.2 Å². The van der Waals surface area contributed by atoms with Crippen LogP contribution in [0.2, 0.25) is 0 Å². The lowest BCUT2D eigenvalue weighted by molar-refractivity contribution is -0.165. The molecule has 296 valence electrons. The quantitative estimate of drug-likeness (QED) is 0.111. The average molecular weight is 779 g/mol. The van der Waals surface area contributed by atoms with Crippen LogP contribution in [-0.4, -0.2) is 96.0 Å². The number of fused-ring (bicyclic) bond motifs is 1. The molecule has 5 aromatic rings. The maximum absolute atomic E-state index is 14.1. The summed E-state index contributed by atoms with van der Waals surface area (Å²) in [6.07, 6.45) is -4.00. The largest absolute Gasteiger partial charge is 0.479 e. The van der Waals surface area contributed by atoms with Crippen molar-refractivity contribution in [3.05, 3.63) is 124 Å². The Balaban J connectivity index is 0.000000613. The second kappa shape index (κ2) is 19.5. The van der Waals surface area contributed by atoms with E-state index >= 15 is 0 Å². The second-order valence-corrected chi connectivity index (χ2v) is 12.4. The molecule has 5 rings (SSSR count). The number of carbonyl (C=O) groups excluding carboxylic acids is 1. The maximum atomic E-state index is 14.1. The molecule has 0 radical (unpaired) electrons. The maximum Gasteiger partial charge on any atom is 0.416 e. The molecule has 2 heterocycles. The van der Waals surface area contributed by atoms with Crippen molar-refractivity contribution in [2.24, 2.45) is 0 Å². The SMILES string of the molecule is CCN(CC)CCN(Cc1ccc(-c2ccc(C(F)(F)F)cc2)cc1)C(=O)Cn1c(/C=C/c2ccco2)nc(=O)c2ccccc21.O=C(O)C(O)C(O)C(=O)O. The number of aromatic nitrogens is 2.